The molecule has 0 unspecified atom stereocenters. The second kappa shape index (κ2) is 5.79. The van der Waals surface area contributed by atoms with E-state index in [1.807, 2.05) is 24.3 Å². The number of benzene rings is 1. The van der Waals surface area contributed by atoms with Crippen LogP contribution in [0, 0.1) is 0 Å². The van der Waals surface area contributed by atoms with Crippen LogP contribution >= 0.6 is 15.9 Å². The zero-order chi connectivity index (χ0) is 13.0. The van der Waals surface area contributed by atoms with Crippen molar-refractivity contribution in [1.82, 2.24) is 9.55 Å². The van der Waals surface area contributed by atoms with E-state index in [1.54, 1.807) is 17.1 Å². The Morgan fingerprint density at radius 3 is 2.94 bits per heavy atom. The Morgan fingerprint density at radius 2 is 2.22 bits per heavy atom. The molecular formula is C12H13BrN4O. The lowest BCUT2D eigenvalue weighted by Gasteiger charge is -2.04. The van der Waals surface area contributed by atoms with Gasteiger partial charge < -0.3 is 15.6 Å². The number of anilines is 1. The Hall–Kier alpha value is -1.66. The second-order valence-corrected chi connectivity index (χ2v) is 4.57. The Morgan fingerprint density at radius 1 is 1.44 bits per heavy atom. The van der Waals surface area contributed by atoms with Gasteiger partial charge in [0, 0.05) is 23.8 Å². The molecule has 2 rings (SSSR count). The first-order valence-corrected chi connectivity index (χ1v) is 6.27. The van der Waals surface area contributed by atoms with Crippen LogP contribution in [0.1, 0.15) is 10.5 Å². The van der Waals surface area contributed by atoms with Crippen molar-refractivity contribution in [3.63, 3.8) is 0 Å². The number of nitrogens with two attached hydrogens (primary N) is 1. The van der Waals surface area contributed by atoms with E-state index in [2.05, 4.69) is 26.2 Å². The maximum Gasteiger partial charge on any atom is 0.275 e. The minimum atomic E-state index is -0.238. The summed E-state index contributed by atoms with van der Waals surface area (Å²) >= 11 is 3.37. The summed E-state index contributed by atoms with van der Waals surface area (Å²) in [4.78, 5) is 16.0. The number of nitrogens with zero attached hydrogens (tertiary/aromatic N) is 2. The molecule has 0 aliphatic heterocycles. The molecule has 0 spiro atoms. The van der Waals surface area contributed by atoms with Gasteiger partial charge in [0.2, 0.25) is 0 Å². The SMILES string of the molecule is NCCn1cnc(C(=O)Nc2ccccc2Br)c1. The number of imidazole rings is 1. The Balaban J connectivity index is 2.10. The maximum atomic E-state index is 11.9. The van der Waals surface area contributed by atoms with E-state index in [0.29, 0.717) is 18.8 Å². The van der Waals surface area contributed by atoms with Gasteiger partial charge in [0.15, 0.2) is 0 Å². The lowest BCUT2D eigenvalue weighted by Crippen LogP contribution is -2.13. The van der Waals surface area contributed by atoms with Crippen LogP contribution in [-0.2, 0) is 6.54 Å². The van der Waals surface area contributed by atoms with Crippen molar-refractivity contribution >= 4 is 27.5 Å². The third-order valence-corrected chi connectivity index (χ3v) is 3.07. The zero-order valence-corrected chi connectivity index (χ0v) is 11.2. The molecule has 1 heterocycles. The number of carbonyl (C=O) groups excluding carboxylic acids is 1. The molecule has 0 atom stereocenters. The van der Waals surface area contributed by atoms with Gasteiger partial charge in [0.1, 0.15) is 5.69 Å². The Labute approximate surface area is 113 Å². The van der Waals surface area contributed by atoms with Gasteiger partial charge in [-0.2, -0.15) is 0 Å². The van der Waals surface area contributed by atoms with E-state index in [4.69, 9.17) is 5.73 Å². The van der Waals surface area contributed by atoms with Gasteiger partial charge >= 0.3 is 0 Å². The monoisotopic (exact) mass is 308 g/mol. The van der Waals surface area contributed by atoms with Crippen LogP contribution in [0.15, 0.2) is 41.3 Å². The van der Waals surface area contributed by atoms with Gasteiger partial charge in [-0.1, -0.05) is 12.1 Å². The molecule has 6 heteroatoms. The summed E-state index contributed by atoms with van der Waals surface area (Å²) in [5.74, 6) is -0.238. The zero-order valence-electron chi connectivity index (χ0n) is 9.64. The van der Waals surface area contributed by atoms with Crippen LogP contribution in [0.25, 0.3) is 0 Å². The number of aromatic nitrogens is 2. The molecule has 0 bridgehead atoms. The molecule has 0 fully saturated rings. The fourth-order valence-corrected chi connectivity index (χ4v) is 1.88. The fourth-order valence-electron chi connectivity index (χ4n) is 1.50. The largest absolute Gasteiger partial charge is 0.335 e. The van der Waals surface area contributed by atoms with Crippen molar-refractivity contribution < 1.29 is 4.79 Å². The van der Waals surface area contributed by atoms with Gasteiger partial charge in [-0.05, 0) is 28.1 Å². The number of nitrogens with one attached hydrogen (secondary N) is 1. The van der Waals surface area contributed by atoms with E-state index in [0.717, 1.165) is 10.2 Å². The van der Waals surface area contributed by atoms with E-state index in [9.17, 15) is 4.79 Å². The molecule has 3 N–H and O–H groups in total. The van der Waals surface area contributed by atoms with Crippen LogP contribution in [0.3, 0.4) is 0 Å². The third-order valence-electron chi connectivity index (χ3n) is 2.38. The molecule has 0 radical (unpaired) electrons. The predicted octanol–water partition coefficient (Wildman–Crippen LogP) is 1.86. The molecule has 1 aromatic heterocycles. The van der Waals surface area contributed by atoms with Crippen molar-refractivity contribution in [2.75, 3.05) is 11.9 Å². The Kier molecular flexibility index (Phi) is 4.11. The molecule has 0 saturated carbocycles. The first kappa shape index (κ1) is 12.8. The number of hydrogen-bond acceptors (Lipinski definition) is 3. The van der Waals surface area contributed by atoms with Crippen LogP contribution in [0.5, 0.6) is 0 Å². The summed E-state index contributed by atoms with van der Waals surface area (Å²) in [5, 5.41) is 2.79. The minimum Gasteiger partial charge on any atom is -0.335 e. The normalized spacial score (nSPS) is 10.3. The summed E-state index contributed by atoms with van der Waals surface area (Å²) in [6.07, 6.45) is 3.28. The molecule has 5 nitrogen and oxygen atoms in total. The highest BCUT2D eigenvalue weighted by Crippen LogP contribution is 2.21. The summed E-state index contributed by atoms with van der Waals surface area (Å²) in [7, 11) is 0. The molecule has 0 aliphatic carbocycles. The molecule has 1 amide bonds. The van der Waals surface area contributed by atoms with Crippen molar-refractivity contribution in [2.45, 2.75) is 6.54 Å². The van der Waals surface area contributed by atoms with Gasteiger partial charge in [0.05, 0.1) is 12.0 Å². The van der Waals surface area contributed by atoms with Crippen molar-refractivity contribution in [3.05, 3.63) is 47.0 Å². The number of halogens is 1. The number of rotatable bonds is 4. The van der Waals surface area contributed by atoms with E-state index >= 15 is 0 Å². The first-order valence-electron chi connectivity index (χ1n) is 5.48. The third kappa shape index (κ3) is 2.96. The van der Waals surface area contributed by atoms with E-state index in [-0.39, 0.29) is 5.91 Å². The van der Waals surface area contributed by atoms with Gasteiger partial charge in [0.25, 0.3) is 5.91 Å². The summed E-state index contributed by atoms with van der Waals surface area (Å²) < 4.78 is 2.62. The average Bonchev–Trinajstić information content (AvgIpc) is 2.81. The van der Waals surface area contributed by atoms with E-state index < -0.39 is 0 Å². The van der Waals surface area contributed by atoms with Crippen LogP contribution in [-0.4, -0.2) is 22.0 Å². The average molecular weight is 309 g/mol. The highest BCUT2D eigenvalue weighted by atomic mass is 79.9. The summed E-state index contributed by atoms with van der Waals surface area (Å²) in [6.45, 7) is 1.16. The van der Waals surface area contributed by atoms with E-state index in [1.165, 1.54) is 0 Å². The number of carbonyl (C=O) groups is 1. The number of hydrogen-bond donors (Lipinski definition) is 2. The molecule has 1 aromatic carbocycles. The lowest BCUT2D eigenvalue weighted by atomic mass is 10.3. The van der Waals surface area contributed by atoms with Crippen LogP contribution < -0.4 is 11.1 Å². The molecule has 0 saturated heterocycles. The Bertz CT molecular complexity index is 553. The molecule has 2 aromatic rings. The quantitative estimate of drug-likeness (QED) is 0.905. The molecule has 0 aliphatic rings. The van der Waals surface area contributed by atoms with Crippen molar-refractivity contribution in [1.29, 1.82) is 0 Å². The highest BCUT2D eigenvalue weighted by Gasteiger charge is 2.10. The standard InChI is InChI=1S/C12H13BrN4O/c13-9-3-1-2-4-10(9)16-12(18)11-7-17(6-5-14)8-15-11/h1-4,7-8H,5-6,14H2,(H,16,18). The molecule has 94 valence electrons. The maximum absolute atomic E-state index is 11.9. The van der Waals surface area contributed by atoms with Crippen molar-refractivity contribution in [2.24, 2.45) is 5.73 Å². The van der Waals surface area contributed by atoms with Crippen LogP contribution in [0.2, 0.25) is 0 Å². The first-order chi connectivity index (χ1) is 8.70. The highest BCUT2D eigenvalue weighted by molar-refractivity contribution is 9.10. The van der Waals surface area contributed by atoms with Crippen molar-refractivity contribution in [3.8, 4) is 0 Å². The topological polar surface area (TPSA) is 72.9 Å². The van der Waals surface area contributed by atoms with Crippen LogP contribution in [0.4, 0.5) is 5.69 Å². The van der Waals surface area contributed by atoms with Gasteiger partial charge in [-0.3, -0.25) is 4.79 Å². The molecular weight excluding hydrogens is 296 g/mol. The second-order valence-electron chi connectivity index (χ2n) is 3.72. The smallest absolute Gasteiger partial charge is 0.275 e. The molecule has 18 heavy (non-hydrogen) atoms. The lowest BCUT2D eigenvalue weighted by molar-refractivity contribution is 0.102. The number of para-hydroxylation sites is 1. The van der Waals surface area contributed by atoms with Gasteiger partial charge in [-0.15, -0.1) is 0 Å². The fraction of sp³-hybridized carbons (Fsp3) is 0.167. The predicted molar refractivity (Wildman–Crippen MR) is 73.4 cm³/mol. The minimum absolute atomic E-state index is 0.238. The van der Waals surface area contributed by atoms with Gasteiger partial charge in [-0.25, -0.2) is 4.98 Å². The number of amides is 1. The summed E-state index contributed by atoms with van der Waals surface area (Å²) in [5.41, 5.74) is 6.53. The summed E-state index contributed by atoms with van der Waals surface area (Å²) in [6, 6.07) is 7.42.